The molecule has 1 aliphatic heterocycles. The van der Waals surface area contributed by atoms with Gasteiger partial charge in [-0.15, -0.1) is 0 Å². The number of halogens is 1. The van der Waals surface area contributed by atoms with Gasteiger partial charge in [-0.3, -0.25) is 4.79 Å². The number of nitrogens with one attached hydrogen (secondary N) is 1. The van der Waals surface area contributed by atoms with Crippen LogP contribution in [-0.4, -0.2) is 28.9 Å². The monoisotopic (exact) mass is 442 g/mol. The Bertz CT molecular complexity index is 1020. The van der Waals surface area contributed by atoms with Crippen molar-refractivity contribution in [3.05, 3.63) is 70.7 Å². The van der Waals surface area contributed by atoms with E-state index in [4.69, 9.17) is 21.7 Å². The highest BCUT2D eigenvalue weighted by atomic mass is 32.1. The Hall–Kier alpha value is -2.93. The molecule has 1 unspecified atom stereocenters. The number of allylic oxidation sites excluding steroid dienone is 1. The second kappa shape index (κ2) is 9.92. The van der Waals surface area contributed by atoms with Crippen LogP contribution in [0.2, 0.25) is 0 Å². The van der Waals surface area contributed by atoms with Crippen molar-refractivity contribution in [2.75, 3.05) is 13.2 Å². The number of thiocarbonyl (C=S) groups is 1. The molecule has 0 fully saturated rings. The molecule has 0 saturated carbocycles. The third-order valence-electron chi connectivity index (χ3n) is 5.23. The zero-order valence-electron chi connectivity index (χ0n) is 18.2. The van der Waals surface area contributed by atoms with E-state index in [9.17, 15) is 9.18 Å². The number of ketones is 1. The van der Waals surface area contributed by atoms with Gasteiger partial charge in [-0.1, -0.05) is 24.3 Å². The Labute approximate surface area is 187 Å². The van der Waals surface area contributed by atoms with Crippen LogP contribution in [0, 0.1) is 5.82 Å². The summed E-state index contributed by atoms with van der Waals surface area (Å²) in [6, 6.07) is 11.6. The molecular weight excluding hydrogens is 415 g/mol. The number of Topliss-reactive ketones (excluding diaryl/α,β-unsaturated/α-hetero) is 1. The van der Waals surface area contributed by atoms with Gasteiger partial charge < -0.3 is 19.7 Å². The van der Waals surface area contributed by atoms with Crippen LogP contribution in [0.1, 0.15) is 44.9 Å². The summed E-state index contributed by atoms with van der Waals surface area (Å²) < 4.78 is 25.6. The highest BCUT2D eigenvalue weighted by Gasteiger charge is 2.32. The summed E-state index contributed by atoms with van der Waals surface area (Å²) in [7, 11) is 0. The van der Waals surface area contributed by atoms with Gasteiger partial charge in [-0.05, 0) is 63.7 Å². The molecule has 1 N–H and O–H groups in total. The standard InChI is InChI=1S/C24H27FN2O3S/c1-5-27-15(3)22(16(4)28)23(26-24(27)31)17-11-12-20(21(13-17)29-6-2)30-14-18-9-7-8-10-19(18)25/h7-13,23H,5-6,14H2,1-4H3,(H,26,31). The van der Waals surface area contributed by atoms with E-state index in [1.807, 2.05) is 37.8 Å². The van der Waals surface area contributed by atoms with Gasteiger partial charge >= 0.3 is 0 Å². The predicted octanol–water partition coefficient (Wildman–Crippen LogP) is 4.92. The van der Waals surface area contributed by atoms with Gasteiger partial charge in [0, 0.05) is 23.4 Å². The topological polar surface area (TPSA) is 50.8 Å². The first-order valence-corrected chi connectivity index (χ1v) is 10.7. The van der Waals surface area contributed by atoms with Crippen LogP contribution in [0.15, 0.2) is 53.7 Å². The van der Waals surface area contributed by atoms with Crippen molar-refractivity contribution < 1.29 is 18.7 Å². The Morgan fingerprint density at radius 2 is 1.90 bits per heavy atom. The van der Waals surface area contributed by atoms with E-state index in [1.54, 1.807) is 31.2 Å². The van der Waals surface area contributed by atoms with Crippen molar-refractivity contribution in [2.45, 2.75) is 40.3 Å². The fourth-order valence-electron chi connectivity index (χ4n) is 3.73. The van der Waals surface area contributed by atoms with Gasteiger partial charge in [-0.2, -0.15) is 0 Å². The highest BCUT2D eigenvalue weighted by Crippen LogP contribution is 2.36. The minimum Gasteiger partial charge on any atom is -0.490 e. The summed E-state index contributed by atoms with van der Waals surface area (Å²) in [5.74, 6) is 0.702. The van der Waals surface area contributed by atoms with Crippen molar-refractivity contribution in [2.24, 2.45) is 0 Å². The summed E-state index contributed by atoms with van der Waals surface area (Å²) >= 11 is 5.52. The fraction of sp³-hybridized carbons (Fsp3) is 0.333. The van der Waals surface area contributed by atoms with E-state index >= 15 is 0 Å². The van der Waals surface area contributed by atoms with E-state index in [0.717, 1.165) is 11.3 Å². The van der Waals surface area contributed by atoms with E-state index in [2.05, 4.69) is 5.32 Å². The zero-order chi connectivity index (χ0) is 22.5. The molecule has 0 radical (unpaired) electrons. The zero-order valence-corrected chi connectivity index (χ0v) is 19.0. The molecule has 0 bridgehead atoms. The molecule has 0 aromatic heterocycles. The van der Waals surface area contributed by atoms with Crippen molar-refractivity contribution in [1.29, 1.82) is 0 Å². The highest BCUT2D eigenvalue weighted by molar-refractivity contribution is 7.80. The first-order valence-electron chi connectivity index (χ1n) is 10.3. The lowest BCUT2D eigenvalue weighted by molar-refractivity contribution is -0.114. The van der Waals surface area contributed by atoms with E-state index < -0.39 is 0 Å². The van der Waals surface area contributed by atoms with Crippen molar-refractivity contribution in [1.82, 2.24) is 10.2 Å². The number of hydrogen-bond donors (Lipinski definition) is 1. The molecule has 31 heavy (non-hydrogen) atoms. The second-order valence-corrected chi connectivity index (χ2v) is 7.59. The van der Waals surface area contributed by atoms with Crippen LogP contribution in [0.3, 0.4) is 0 Å². The number of nitrogens with zero attached hydrogens (tertiary/aromatic N) is 1. The summed E-state index contributed by atoms with van der Waals surface area (Å²) in [5.41, 5.74) is 2.81. The maximum absolute atomic E-state index is 13.9. The summed E-state index contributed by atoms with van der Waals surface area (Å²) in [6.45, 7) is 8.54. The minimum atomic E-state index is -0.382. The van der Waals surface area contributed by atoms with Crippen LogP contribution in [0.4, 0.5) is 4.39 Å². The summed E-state index contributed by atoms with van der Waals surface area (Å²) in [6.07, 6.45) is 0. The molecular formula is C24H27FN2O3S. The summed E-state index contributed by atoms with van der Waals surface area (Å²) in [4.78, 5) is 14.4. The lowest BCUT2D eigenvalue weighted by Crippen LogP contribution is -2.47. The first kappa shape index (κ1) is 22.7. The van der Waals surface area contributed by atoms with Crippen LogP contribution in [-0.2, 0) is 11.4 Å². The van der Waals surface area contributed by atoms with Crippen molar-refractivity contribution >= 4 is 23.1 Å². The lowest BCUT2D eigenvalue weighted by atomic mass is 9.92. The number of hydrogen-bond acceptors (Lipinski definition) is 4. The first-order chi connectivity index (χ1) is 14.9. The SMILES string of the molecule is CCOc1cc(C2NC(=S)N(CC)C(C)=C2C(C)=O)ccc1OCc1ccccc1F. The molecule has 164 valence electrons. The predicted molar refractivity (Wildman–Crippen MR) is 123 cm³/mol. The average Bonchev–Trinajstić information content (AvgIpc) is 2.73. The van der Waals surface area contributed by atoms with Gasteiger partial charge in [0.2, 0.25) is 0 Å². The van der Waals surface area contributed by atoms with Crippen LogP contribution >= 0.6 is 12.2 Å². The maximum Gasteiger partial charge on any atom is 0.173 e. The van der Waals surface area contributed by atoms with Gasteiger partial charge in [0.1, 0.15) is 12.4 Å². The number of carbonyl (C=O) groups is 1. The molecule has 0 saturated heterocycles. The van der Waals surface area contributed by atoms with Gasteiger partial charge in [-0.25, -0.2) is 4.39 Å². The molecule has 1 aliphatic rings. The van der Waals surface area contributed by atoms with Crippen molar-refractivity contribution in [3.63, 3.8) is 0 Å². The van der Waals surface area contributed by atoms with E-state index in [0.29, 0.717) is 40.9 Å². The van der Waals surface area contributed by atoms with Crippen molar-refractivity contribution in [3.8, 4) is 11.5 Å². The Morgan fingerprint density at radius 1 is 1.16 bits per heavy atom. The molecule has 5 nitrogen and oxygen atoms in total. The molecule has 1 heterocycles. The third kappa shape index (κ3) is 4.88. The van der Waals surface area contributed by atoms with E-state index in [-0.39, 0.29) is 24.2 Å². The number of benzene rings is 2. The smallest absolute Gasteiger partial charge is 0.173 e. The summed E-state index contributed by atoms with van der Waals surface area (Å²) in [5, 5.41) is 3.86. The number of rotatable bonds is 8. The lowest BCUT2D eigenvalue weighted by Gasteiger charge is -2.37. The molecule has 3 rings (SSSR count). The largest absolute Gasteiger partial charge is 0.490 e. The third-order valence-corrected chi connectivity index (χ3v) is 5.57. The number of ether oxygens (including phenoxy) is 2. The molecule has 0 spiro atoms. The maximum atomic E-state index is 13.9. The molecule has 0 aliphatic carbocycles. The fourth-order valence-corrected chi connectivity index (χ4v) is 4.12. The second-order valence-electron chi connectivity index (χ2n) is 7.20. The van der Waals surface area contributed by atoms with Gasteiger partial charge in [0.05, 0.1) is 12.6 Å². The quantitative estimate of drug-likeness (QED) is 0.586. The Kier molecular flexibility index (Phi) is 7.28. The Morgan fingerprint density at radius 3 is 2.55 bits per heavy atom. The molecule has 1 atom stereocenters. The van der Waals surface area contributed by atoms with Crippen LogP contribution in [0.25, 0.3) is 0 Å². The normalized spacial score (nSPS) is 16.2. The van der Waals surface area contributed by atoms with Crippen LogP contribution in [0.5, 0.6) is 11.5 Å². The minimum absolute atomic E-state index is 0.0196. The number of carbonyl (C=O) groups excluding carboxylic acids is 1. The Balaban J connectivity index is 1.94. The molecule has 2 aromatic rings. The molecule has 2 aromatic carbocycles. The van der Waals surface area contributed by atoms with Crippen LogP contribution < -0.4 is 14.8 Å². The molecule has 7 heteroatoms. The molecule has 0 amide bonds. The van der Waals surface area contributed by atoms with E-state index in [1.165, 1.54) is 6.07 Å². The van der Waals surface area contributed by atoms with Gasteiger partial charge in [0.25, 0.3) is 0 Å². The van der Waals surface area contributed by atoms with Gasteiger partial charge in [0.15, 0.2) is 22.4 Å². The average molecular weight is 443 g/mol.